The predicted octanol–water partition coefficient (Wildman–Crippen LogP) is 5.13. The smallest absolute Gasteiger partial charge is 0.127 e. The Hall–Kier alpha value is -0.900. The summed E-state index contributed by atoms with van der Waals surface area (Å²) in [7, 11) is 0. The van der Waals surface area contributed by atoms with Gasteiger partial charge in [0.25, 0.3) is 0 Å². The second kappa shape index (κ2) is 7.21. The number of halogens is 3. The summed E-state index contributed by atoms with van der Waals surface area (Å²) in [6, 6.07) is 12.8. The number of hydrogen-bond donors (Lipinski definition) is 1. The van der Waals surface area contributed by atoms with Crippen LogP contribution in [0.15, 0.2) is 46.9 Å². The lowest BCUT2D eigenvalue weighted by Crippen LogP contribution is -2.23. The van der Waals surface area contributed by atoms with Crippen molar-refractivity contribution >= 4 is 27.5 Å². The molecule has 106 valence electrons. The molecule has 0 radical (unpaired) electrons. The Labute approximate surface area is 132 Å². The molecule has 0 saturated heterocycles. The first-order valence-corrected chi connectivity index (χ1v) is 7.71. The van der Waals surface area contributed by atoms with Crippen molar-refractivity contribution in [1.29, 1.82) is 0 Å². The van der Waals surface area contributed by atoms with Crippen LogP contribution in [0.3, 0.4) is 0 Å². The first kappa shape index (κ1) is 15.5. The molecule has 1 atom stereocenters. The third-order valence-electron chi connectivity index (χ3n) is 3.20. The molecule has 0 fully saturated rings. The van der Waals surface area contributed by atoms with Gasteiger partial charge in [-0.1, -0.05) is 58.7 Å². The monoisotopic (exact) mass is 355 g/mol. The summed E-state index contributed by atoms with van der Waals surface area (Å²) in [5.41, 5.74) is 1.66. The molecule has 0 aliphatic carbocycles. The van der Waals surface area contributed by atoms with Gasteiger partial charge in [0.1, 0.15) is 5.82 Å². The molecule has 1 N–H and O–H groups in total. The molecule has 0 spiro atoms. The SMILES string of the molecule is CCNC(Cc1c(F)cccc1Cl)c1ccccc1Br. The summed E-state index contributed by atoms with van der Waals surface area (Å²) in [6.45, 7) is 2.84. The van der Waals surface area contributed by atoms with Gasteiger partial charge in [0.05, 0.1) is 0 Å². The minimum Gasteiger partial charge on any atom is -0.310 e. The molecule has 20 heavy (non-hydrogen) atoms. The highest BCUT2D eigenvalue weighted by atomic mass is 79.9. The van der Waals surface area contributed by atoms with Gasteiger partial charge >= 0.3 is 0 Å². The Morgan fingerprint density at radius 2 is 1.95 bits per heavy atom. The Kier molecular flexibility index (Phi) is 5.58. The Balaban J connectivity index is 2.33. The van der Waals surface area contributed by atoms with Crippen molar-refractivity contribution in [3.8, 4) is 0 Å². The van der Waals surface area contributed by atoms with Gasteiger partial charge in [-0.05, 0) is 36.7 Å². The van der Waals surface area contributed by atoms with Gasteiger partial charge in [0.15, 0.2) is 0 Å². The van der Waals surface area contributed by atoms with E-state index in [9.17, 15) is 4.39 Å². The molecule has 4 heteroatoms. The van der Waals surface area contributed by atoms with Crippen LogP contribution in [0.2, 0.25) is 5.02 Å². The highest BCUT2D eigenvalue weighted by molar-refractivity contribution is 9.10. The van der Waals surface area contributed by atoms with E-state index in [2.05, 4.69) is 21.2 Å². The van der Waals surface area contributed by atoms with Crippen LogP contribution in [0.1, 0.15) is 24.1 Å². The fourth-order valence-electron chi connectivity index (χ4n) is 2.23. The maximum absolute atomic E-state index is 13.9. The molecule has 0 amide bonds. The minimum absolute atomic E-state index is 0.0185. The first-order valence-electron chi connectivity index (χ1n) is 6.54. The van der Waals surface area contributed by atoms with Crippen LogP contribution < -0.4 is 5.32 Å². The Bertz CT molecular complexity index is 568. The average Bonchev–Trinajstić information content (AvgIpc) is 2.43. The van der Waals surface area contributed by atoms with Crippen molar-refractivity contribution < 1.29 is 4.39 Å². The fourth-order valence-corrected chi connectivity index (χ4v) is 3.03. The quantitative estimate of drug-likeness (QED) is 0.782. The number of hydrogen-bond acceptors (Lipinski definition) is 1. The zero-order valence-corrected chi connectivity index (χ0v) is 13.5. The third kappa shape index (κ3) is 3.60. The van der Waals surface area contributed by atoms with Crippen LogP contribution in [-0.4, -0.2) is 6.54 Å². The third-order valence-corrected chi connectivity index (χ3v) is 4.28. The molecule has 0 aliphatic heterocycles. The lowest BCUT2D eigenvalue weighted by atomic mass is 9.98. The van der Waals surface area contributed by atoms with E-state index in [0.29, 0.717) is 17.0 Å². The maximum Gasteiger partial charge on any atom is 0.127 e. The van der Waals surface area contributed by atoms with Crippen LogP contribution in [0.5, 0.6) is 0 Å². The van der Waals surface area contributed by atoms with E-state index in [1.807, 2.05) is 31.2 Å². The van der Waals surface area contributed by atoms with Crippen LogP contribution in [0.4, 0.5) is 4.39 Å². The summed E-state index contributed by atoms with van der Waals surface area (Å²) in [4.78, 5) is 0. The predicted molar refractivity (Wildman–Crippen MR) is 85.7 cm³/mol. The van der Waals surface area contributed by atoms with E-state index in [1.165, 1.54) is 6.07 Å². The normalized spacial score (nSPS) is 12.4. The Morgan fingerprint density at radius 3 is 2.60 bits per heavy atom. The highest BCUT2D eigenvalue weighted by Crippen LogP contribution is 2.29. The van der Waals surface area contributed by atoms with Crippen molar-refractivity contribution in [3.63, 3.8) is 0 Å². The minimum atomic E-state index is -0.257. The van der Waals surface area contributed by atoms with E-state index >= 15 is 0 Å². The largest absolute Gasteiger partial charge is 0.310 e. The zero-order valence-electron chi connectivity index (χ0n) is 11.2. The molecule has 0 aliphatic rings. The average molecular weight is 357 g/mol. The maximum atomic E-state index is 13.9. The topological polar surface area (TPSA) is 12.0 Å². The lowest BCUT2D eigenvalue weighted by molar-refractivity contribution is 0.526. The van der Waals surface area contributed by atoms with Crippen molar-refractivity contribution in [2.75, 3.05) is 6.54 Å². The van der Waals surface area contributed by atoms with E-state index in [0.717, 1.165) is 16.6 Å². The van der Waals surface area contributed by atoms with Gasteiger partial charge in [-0.25, -0.2) is 4.39 Å². The van der Waals surface area contributed by atoms with Gasteiger partial charge < -0.3 is 5.32 Å². The molecule has 2 rings (SSSR count). The zero-order chi connectivity index (χ0) is 14.5. The van der Waals surface area contributed by atoms with E-state index in [-0.39, 0.29) is 11.9 Å². The van der Waals surface area contributed by atoms with Crippen LogP contribution in [-0.2, 0) is 6.42 Å². The first-order chi connectivity index (χ1) is 9.63. The van der Waals surface area contributed by atoms with Gasteiger partial charge in [0, 0.05) is 21.1 Å². The molecule has 0 saturated carbocycles. The molecule has 2 aromatic rings. The molecule has 1 unspecified atom stereocenters. The number of likely N-dealkylation sites (N-methyl/N-ethyl adjacent to an activating group) is 1. The summed E-state index contributed by atoms with van der Waals surface area (Å²) >= 11 is 9.67. The van der Waals surface area contributed by atoms with E-state index < -0.39 is 0 Å². The number of rotatable bonds is 5. The molecule has 0 bridgehead atoms. The van der Waals surface area contributed by atoms with Gasteiger partial charge in [-0.2, -0.15) is 0 Å². The second-order valence-corrected chi connectivity index (χ2v) is 5.80. The molecule has 0 aromatic heterocycles. The summed E-state index contributed by atoms with van der Waals surface area (Å²) in [5, 5.41) is 3.86. The second-order valence-electron chi connectivity index (χ2n) is 4.54. The van der Waals surface area contributed by atoms with Gasteiger partial charge in [-0.15, -0.1) is 0 Å². The van der Waals surface area contributed by atoms with Crippen molar-refractivity contribution in [1.82, 2.24) is 5.32 Å². The summed E-state index contributed by atoms with van der Waals surface area (Å²) in [6.07, 6.45) is 0.516. The summed E-state index contributed by atoms with van der Waals surface area (Å²) < 4.78 is 15.0. The molecule has 0 heterocycles. The lowest BCUT2D eigenvalue weighted by Gasteiger charge is -2.20. The molecular formula is C16H16BrClFN. The Morgan fingerprint density at radius 1 is 1.20 bits per heavy atom. The van der Waals surface area contributed by atoms with Crippen LogP contribution in [0, 0.1) is 5.82 Å². The molecular weight excluding hydrogens is 341 g/mol. The number of nitrogens with one attached hydrogen (secondary N) is 1. The van der Waals surface area contributed by atoms with Crippen LogP contribution in [0.25, 0.3) is 0 Å². The highest BCUT2D eigenvalue weighted by Gasteiger charge is 2.17. The van der Waals surface area contributed by atoms with Crippen molar-refractivity contribution in [2.24, 2.45) is 0 Å². The fraction of sp³-hybridized carbons (Fsp3) is 0.250. The van der Waals surface area contributed by atoms with E-state index in [4.69, 9.17) is 11.6 Å². The number of benzene rings is 2. The standard InChI is InChI=1S/C16H16BrClFN/c1-2-20-16(11-6-3-4-7-13(11)17)10-12-14(18)8-5-9-15(12)19/h3-9,16,20H,2,10H2,1H3. The van der Waals surface area contributed by atoms with Crippen molar-refractivity contribution in [2.45, 2.75) is 19.4 Å². The van der Waals surface area contributed by atoms with Crippen LogP contribution >= 0.6 is 27.5 Å². The van der Waals surface area contributed by atoms with E-state index in [1.54, 1.807) is 12.1 Å². The molecule has 1 nitrogen and oxygen atoms in total. The van der Waals surface area contributed by atoms with Crippen molar-refractivity contribution in [3.05, 3.63) is 68.9 Å². The molecule has 2 aromatic carbocycles. The van der Waals surface area contributed by atoms with Gasteiger partial charge in [0.2, 0.25) is 0 Å². The summed E-state index contributed by atoms with van der Waals surface area (Å²) in [5.74, 6) is -0.257. The van der Waals surface area contributed by atoms with Gasteiger partial charge in [-0.3, -0.25) is 0 Å².